The quantitative estimate of drug-likeness (QED) is 0.912. The summed E-state index contributed by atoms with van der Waals surface area (Å²) < 4.78 is 6.26. The number of ether oxygens (including phenoxy) is 1. The number of para-hydroxylation sites is 1. The summed E-state index contributed by atoms with van der Waals surface area (Å²) in [4.78, 5) is 19.7. The Hall–Kier alpha value is -1.95. The Labute approximate surface area is 125 Å². The molecule has 0 radical (unpaired) electrons. The molecule has 0 aliphatic rings. The van der Waals surface area contributed by atoms with Crippen LogP contribution in [0.4, 0.5) is 5.95 Å². The van der Waals surface area contributed by atoms with E-state index in [4.69, 9.17) is 4.74 Å². The summed E-state index contributed by atoms with van der Waals surface area (Å²) in [5.74, 6) is 0.686. The van der Waals surface area contributed by atoms with Gasteiger partial charge in [0.2, 0.25) is 5.95 Å². The summed E-state index contributed by atoms with van der Waals surface area (Å²) in [6.07, 6.45) is 3.99. The predicted molar refractivity (Wildman–Crippen MR) is 79.7 cm³/mol. The maximum atomic E-state index is 11.7. The van der Waals surface area contributed by atoms with Gasteiger partial charge < -0.3 is 4.74 Å². The normalized spacial score (nSPS) is 10.1. The Bertz CT molecular complexity index is 587. The molecule has 0 spiro atoms. The van der Waals surface area contributed by atoms with Crippen LogP contribution in [0.25, 0.3) is 0 Å². The van der Waals surface area contributed by atoms with Gasteiger partial charge in [-0.15, -0.1) is 0 Å². The topological polar surface area (TPSA) is 64.1 Å². The van der Waals surface area contributed by atoms with Gasteiger partial charge in [0.15, 0.2) is 6.61 Å². The van der Waals surface area contributed by atoms with Gasteiger partial charge in [-0.3, -0.25) is 10.1 Å². The van der Waals surface area contributed by atoms with Gasteiger partial charge in [-0.2, -0.15) is 0 Å². The zero-order valence-corrected chi connectivity index (χ0v) is 12.6. The number of anilines is 1. The molecule has 0 saturated heterocycles. The van der Waals surface area contributed by atoms with E-state index >= 15 is 0 Å². The van der Waals surface area contributed by atoms with Crippen molar-refractivity contribution < 1.29 is 9.53 Å². The second-order valence-corrected chi connectivity index (χ2v) is 4.94. The van der Waals surface area contributed by atoms with Crippen molar-refractivity contribution in [1.29, 1.82) is 0 Å². The maximum absolute atomic E-state index is 11.7. The minimum Gasteiger partial charge on any atom is -0.483 e. The largest absolute Gasteiger partial charge is 0.483 e. The van der Waals surface area contributed by atoms with E-state index in [9.17, 15) is 4.79 Å². The Morgan fingerprint density at radius 3 is 2.70 bits per heavy atom. The van der Waals surface area contributed by atoms with E-state index < -0.39 is 0 Å². The van der Waals surface area contributed by atoms with Crippen molar-refractivity contribution >= 4 is 27.8 Å². The molecule has 1 N–H and O–H groups in total. The van der Waals surface area contributed by atoms with Gasteiger partial charge >= 0.3 is 0 Å². The van der Waals surface area contributed by atoms with Crippen LogP contribution >= 0.6 is 15.9 Å². The van der Waals surface area contributed by atoms with Crippen molar-refractivity contribution in [3.63, 3.8) is 0 Å². The lowest BCUT2D eigenvalue weighted by atomic mass is 10.1. The lowest BCUT2D eigenvalue weighted by Gasteiger charge is -2.09. The zero-order valence-electron chi connectivity index (χ0n) is 11.0. The molecule has 20 heavy (non-hydrogen) atoms. The van der Waals surface area contributed by atoms with Crippen molar-refractivity contribution in [2.75, 3.05) is 11.9 Å². The van der Waals surface area contributed by atoms with Crippen LogP contribution in [0.15, 0.2) is 41.1 Å². The third kappa shape index (κ3) is 4.03. The molecule has 0 bridgehead atoms. The maximum Gasteiger partial charge on any atom is 0.264 e. The molecule has 2 rings (SSSR count). The van der Waals surface area contributed by atoms with Gasteiger partial charge in [0.1, 0.15) is 5.75 Å². The first-order valence-corrected chi connectivity index (χ1v) is 6.96. The fourth-order valence-electron chi connectivity index (χ4n) is 1.62. The van der Waals surface area contributed by atoms with Crippen molar-refractivity contribution in [2.45, 2.75) is 13.3 Å². The van der Waals surface area contributed by atoms with E-state index in [0.717, 1.165) is 22.2 Å². The third-order valence-electron chi connectivity index (χ3n) is 2.58. The molecule has 5 nitrogen and oxygen atoms in total. The van der Waals surface area contributed by atoms with E-state index in [0.29, 0.717) is 0 Å². The second-order valence-electron chi connectivity index (χ2n) is 4.02. The van der Waals surface area contributed by atoms with Crippen molar-refractivity contribution in [3.8, 4) is 5.75 Å². The number of nitrogens with one attached hydrogen (secondary N) is 1. The fourth-order valence-corrected chi connectivity index (χ4v) is 1.82. The molecule has 1 aromatic carbocycles. The number of nitrogens with zero attached hydrogens (tertiary/aromatic N) is 2. The molecule has 0 atom stereocenters. The molecule has 0 fully saturated rings. The Balaban J connectivity index is 1.90. The van der Waals surface area contributed by atoms with Crippen molar-refractivity contribution in [2.24, 2.45) is 0 Å². The number of rotatable bonds is 5. The highest BCUT2D eigenvalue weighted by atomic mass is 79.9. The highest BCUT2D eigenvalue weighted by Gasteiger charge is 2.07. The number of halogens is 1. The van der Waals surface area contributed by atoms with Crippen LogP contribution in [0.1, 0.15) is 12.5 Å². The Morgan fingerprint density at radius 1 is 1.30 bits per heavy atom. The summed E-state index contributed by atoms with van der Waals surface area (Å²) >= 11 is 3.23. The Morgan fingerprint density at radius 2 is 2.00 bits per heavy atom. The number of aryl methyl sites for hydroxylation is 1. The van der Waals surface area contributed by atoms with Crippen LogP contribution in [0, 0.1) is 0 Å². The summed E-state index contributed by atoms with van der Waals surface area (Å²) in [5, 5.41) is 2.57. The number of carbonyl (C=O) groups is 1. The Kier molecular flexibility index (Phi) is 5.06. The van der Waals surface area contributed by atoms with E-state index in [1.807, 2.05) is 31.2 Å². The average Bonchev–Trinajstić information content (AvgIpc) is 2.48. The number of benzene rings is 1. The number of hydrogen-bond donors (Lipinski definition) is 1. The molecule has 0 saturated carbocycles. The molecule has 1 amide bonds. The van der Waals surface area contributed by atoms with Crippen molar-refractivity contribution in [1.82, 2.24) is 9.97 Å². The zero-order chi connectivity index (χ0) is 14.4. The lowest BCUT2D eigenvalue weighted by molar-refractivity contribution is -0.118. The summed E-state index contributed by atoms with van der Waals surface area (Å²) in [7, 11) is 0. The molecule has 0 aliphatic heterocycles. The minimum atomic E-state index is -0.293. The molecular weight excluding hydrogens is 322 g/mol. The average molecular weight is 336 g/mol. The van der Waals surface area contributed by atoms with Gasteiger partial charge in [-0.1, -0.05) is 25.1 Å². The van der Waals surface area contributed by atoms with Crippen LogP contribution in [-0.4, -0.2) is 22.5 Å². The van der Waals surface area contributed by atoms with Gasteiger partial charge in [0.05, 0.1) is 4.47 Å². The third-order valence-corrected chi connectivity index (χ3v) is 2.99. The van der Waals surface area contributed by atoms with E-state index in [1.54, 1.807) is 12.4 Å². The van der Waals surface area contributed by atoms with E-state index in [2.05, 4.69) is 31.2 Å². The highest BCUT2D eigenvalue weighted by molar-refractivity contribution is 9.10. The summed E-state index contributed by atoms with van der Waals surface area (Å²) in [6, 6.07) is 7.65. The summed E-state index contributed by atoms with van der Waals surface area (Å²) in [5.41, 5.74) is 1.07. The van der Waals surface area contributed by atoms with Crippen LogP contribution in [-0.2, 0) is 11.2 Å². The molecule has 6 heteroatoms. The van der Waals surface area contributed by atoms with Gasteiger partial charge in [-0.05, 0) is 34.0 Å². The molecule has 0 aliphatic carbocycles. The van der Waals surface area contributed by atoms with Crippen LogP contribution in [0.3, 0.4) is 0 Å². The number of aromatic nitrogens is 2. The molecule has 2 aromatic rings. The molecule has 0 unspecified atom stereocenters. The number of hydrogen-bond acceptors (Lipinski definition) is 4. The lowest BCUT2D eigenvalue weighted by Crippen LogP contribution is -2.21. The van der Waals surface area contributed by atoms with Crippen LogP contribution in [0.5, 0.6) is 5.75 Å². The van der Waals surface area contributed by atoms with Crippen LogP contribution < -0.4 is 10.1 Å². The van der Waals surface area contributed by atoms with Crippen LogP contribution in [0.2, 0.25) is 0 Å². The molecule has 1 aromatic heterocycles. The van der Waals surface area contributed by atoms with E-state index in [1.165, 1.54) is 0 Å². The molecule has 1 heterocycles. The first kappa shape index (κ1) is 14.5. The first-order chi connectivity index (χ1) is 9.69. The second kappa shape index (κ2) is 7.00. The number of amides is 1. The fraction of sp³-hybridized carbons (Fsp3) is 0.214. The first-order valence-electron chi connectivity index (χ1n) is 6.17. The molecule has 104 valence electrons. The SMILES string of the molecule is CCc1ccccc1OCC(=O)Nc1ncc(Br)cn1. The highest BCUT2D eigenvalue weighted by Crippen LogP contribution is 2.18. The van der Waals surface area contributed by atoms with E-state index in [-0.39, 0.29) is 18.5 Å². The van der Waals surface area contributed by atoms with Gasteiger partial charge in [-0.25, -0.2) is 9.97 Å². The standard InChI is InChI=1S/C14H14BrN3O2/c1-2-10-5-3-4-6-12(10)20-9-13(19)18-14-16-7-11(15)8-17-14/h3-8H,2,9H2,1H3,(H,16,17,18,19). The molecular formula is C14H14BrN3O2. The summed E-state index contributed by atoms with van der Waals surface area (Å²) in [6.45, 7) is 1.97. The van der Waals surface area contributed by atoms with Gasteiger partial charge in [0, 0.05) is 12.4 Å². The minimum absolute atomic E-state index is 0.0730. The predicted octanol–water partition coefficient (Wildman–Crippen LogP) is 2.82. The monoisotopic (exact) mass is 335 g/mol. The number of carbonyl (C=O) groups excluding carboxylic acids is 1. The van der Waals surface area contributed by atoms with Crippen molar-refractivity contribution in [3.05, 3.63) is 46.7 Å². The van der Waals surface area contributed by atoms with Gasteiger partial charge in [0.25, 0.3) is 5.91 Å². The smallest absolute Gasteiger partial charge is 0.264 e.